The molecule has 0 fully saturated rings. The number of carbonyl (C=O) groups is 1. The SMILES string of the molecule is C=CCNc1nnc(SCC(=O)N[C@H](c2ccc(C(C)C)cc2)C(C)C)s1. The molecule has 1 amide bonds. The smallest absolute Gasteiger partial charge is 0.230 e. The highest BCUT2D eigenvalue weighted by Crippen LogP contribution is 2.27. The molecule has 2 N–H and O–H groups in total. The van der Waals surface area contributed by atoms with Crippen LogP contribution in [-0.2, 0) is 4.79 Å². The summed E-state index contributed by atoms with van der Waals surface area (Å²) in [5, 5.41) is 15.1. The lowest BCUT2D eigenvalue weighted by molar-refractivity contribution is -0.119. The molecular weight excluding hydrogens is 376 g/mol. The summed E-state index contributed by atoms with van der Waals surface area (Å²) in [6, 6.07) is 8.54. The zero-order valence-electron chi connectivity index (χ0n) is 16.4. The van der Waals surface area contributed by atoms with Crippen molar-refractivity contribution in [1.29, 1.82) is 0 Å². The lowest BCUT2D eigenvalue weighted by atomic mass is 9.93. The van der Waals surface area contributed by atoms with Crippen molar-refractivity contribution in [1.82, 2.24) is 15.5 Å². The maximum atomic E-state index is 12.5. The molecule has 0 bridgehead atoms. The third kappa shape index (κ3) is 6.66. The first-order valence-corrected chi connectivity index (χ1v) is 10.9. The van der Waals surface area contributed by atoms with Crippen molar-refractivity contribution in [3.8, 4) is 0 Å². The Morgan fingerprint density at radius 3 is 2.44 bits per heavy atom. The summed E-state index contributed by atoms with van der Waals surface area (Å²) in [5.41, 5.74) is 2.44. The number of nitrogens with one attached hydrogen (secondary N) is 2. The number of hydrogen-bond donors (Lipinski definition) is 2. The van der Waals surface area contributed by atoms with Gasteiger partial charge in [0.05, 0.1) is 11.8 Å². The minimum atomic E-state index is -0.00134. The van der Waals surface area contributed by atoms with Crippen LogP contribution in [0.3, 0.4) is 0 Å². The molecule has 1 heterocycles. The molecule has 7 heteroatoms. The zero-order chi connectivity index (χ0) is 19.8. The van der Waals surface area contributed by atoms with Crippen molar-refractivity contribution in [2.24, 2.45) is 5.92 Å². The number of carbonyl (C=O) groups excluding carboxylic acids is 1. The molecule has 1 aromatic carbocycles. The molecule has 0 aliphatic heterocycles. The van der Waals surface area contributed by atoms with E-state index in [1.54, 1.807) is 6.08 Å². The largest absolute Gasteiger partial charge is 0.357 e. The molecule has 5 nitrogen and oxygen atoms in total. The van der Waals surface area contributed by atoms with Crippen LogP contribution in [0.4, 0.5) is 5.13 Å². The monoisotopic (exact) mass is 404 g/mol. The molecule has 1 aromatic heterocycles. The predicted octanol–water partition coefficient (Wildman–Crippen LogP) is 4.87. The van der Waals surface area contributed by atoms with Crippen molar-refractivity contribution in [2.75, 3.05) is 17.6 Å². The van der Waals surface area contributed by atoms with Crippen LogP contribution in [0.15, 0.2) is 41.3 Å². The molecule has 27 heavy (non-hydrogen) atoms. The van der Waals surface area contributed by atoms with Crippen LogP contribution < -0.4 is 10.6 Å². The van der Waals surface area contributed by atoms with Gasteiger partial charge < -0.3 is 10.6 Å². The fraction of sp³-hybridized carbons (Fsp3) is 0.450. The first kappa shape index (κ1) is 21.4. The van der Waals surface area contributed by atoms with Gasteiger partial charge in [0.25, 0.3) is 0 Å². The minimum absolute atomic E-state index is 0.00134. The van der Waals surface area contributed by atoms with E-state index in [-0.39, 0.29) is 11.9 Å². The summed E-state index contributed by atoms with van der Waals surface area (Å²) < 4.78 is 0.777. The number of anilines is 1. The highest BCUT2D eigenvalue weighted by molar-refractivity contribution is 8.01. The van der Waals surface area contributed by atoms with Gasteiger partial charge in [0, 0.05) is 6.54 Å². The maximum absolute atomic E-state index is 12.5. The summed E-state index contributed by atoms with van der Waals surface area (Å²) in [5.74, 6) is 1.13. The molecular formula is C20H28N4OS2. The Morgan fingerprint density at radius 1 is 1.19 bits per heavy atom. The quantitative estimate of drug-likeness (QED) is 0.437. The number of amides is 1. The molecule has 0 unspecified atom stereocenters. The van der Waals surface area contributed by atoms with Crippen molar-refractivity contribution in [3.63, 3.8) is 0 Å². The Balaban J connectivity index is 1.92. The van der Waals surface area contributed by atoms with Gasteiger partial charge in [-0.15, -0.1) is 16.8 Å². The van der Waals surface area contributed by atoms with Crippen LogP contribution in [0.1, 0.15) is 50.8 Å². The predicted molar refractivity (Wildman–Crippen MR) is 116 cm³/mol. The minimum Gasteiger partial charge on any atom is -0.357 e. The van der Waals surface area contributed by atoms with Crippen molar-refractivity contribution >= 4 is 34.1 Å². The van der Waals surface area contributed by atoms with E-state index < -0.39 is 0 Å². The molecule has 0 saturated heterocycles. The third-order valence-corrected chi connectivity index (χ3v) is 6.09. The third-order valence-electron chi connectivity index (χ3n) is 4.08. The molecule has 0 aliphatic rings. The van der Waals surface area contributed by atoms with E-state index in [0.29, 0.717) is 24.1 Å². The number of nitrogens with zero attached hydrogens (tertiary/aromatic N) is 2. The Morgan fingerprint density at radius 2 is 1.85 bits per heavy atom. The Hall–Kier alpha value is -1.86. The van der Waals surface area contributed by atoms with Gasteiger partial charge >= 0.3 is 0 Å². The highest BCUT2D eigenvalue weighted by Gasteiger charge is 2.19. The van der Waals surface area contributed by atoms with Gasteiger partial charge in [0.15, 0.2) is 4.34 Å². The topological polar surface area (TPSA) is 66.9 Å². The van der Waals surface area contributed by atoms with E-state index >= 15 is 0 Å². The van der Waals surface area contributed by atoms with Crippen molar-refractivity contribution < 1.29 is 4.79 Å². The second kappa shape index (κ2) is 10.5. The fourth-order valence-corrected chi connectivity index (χ4v) is 4.13. The van der Waals surface area contributed by atoms with Crippen LogP contribution in [-0.4, -0.2) is 28.4 Å². The van der Waals surface area contributed by atoms with Gasteiger partial charge in [-0.1, -0.05) is 81.1 Å². The van der Waals surface area contributed by atoms with Crippen LogP contribution in [0, 0.1) is 5.92 Å². The molecule has 1 atom stereocenters. The van der Waals surface area contributed by atoms with Gasteiger partial charge in [0.1, 0.15) is 0 Å². The Kier molecular flexibility index (Phi) is 8.31. The van der Waals surface area contributed by atoms with Crippen LogP contribution in [0.2, 0.25) is 0 Å². The van der Waals surface area contributed by atoms with Crippen molar-refractivity contribution in [3.05, 3.63) is 48.0 Å². The van der Waals surface area contributed by atoms with Gasteiger partial charge in [-0.05, 0) is 23.0 Å². The summed E-state index contributed by atoms with van der Waals surface area (Å²) in [6.07, 6.45) is 1.77. The lowest BCUT2D eigenvalue weighted by Gasteiger charge is -2.23. The van der Waals surface area contributed by atoms with E-state index in [1.807, 2.05) is 0 Å². The number of rotatable bonds is 10. The van der Waals surface area contributed by atoms with Gasteiger partial charge in [0.2, 0.25) is 11.0 Å². The molecule has 0 radical (unpaired) electrons. The summed E-state index contributed by atoms with van der Waals surface area (Å²) in [6.45, 7) is 12.9. The average Bonchev–Trinajstić information content (AvgIpc) is 3.10. The molecule has 146 valence electrons. The van der Waals surface area contributed by atoms with Crippen LogP contribution >= 0.6 is 23.1 Å². The lowest BCUT2D eigenvalue weighted by Crippen LogP contribution is -2.33. The Labute approximate surface area is 170 Å². The maximum Gasteiger partial charge on any atom is 0.230 e. The second-order valence-corrected chi connectivity index (χ2v) is 9.14. The van der Waals surface area contributed by atoms with Crippen molar-refractivity contribution in [2.45, 2.75) is 44.0 Å². The molecule has 0 aliphatic carbocycles. The second-order valence-electron chi connectivity index (χ2n) is 6.94. The van der Waals surface area contributed by atoms with E-state index in [2.05, 4.69) is 79.4 Å². The molecule has 2 rings (SSSR count). The summed E-state index contributed by atoms with van der Waals surface area (Å²) in [4.78, 5) is 12.5. The van der Waals surface area contributed by atoms with Crippen LogP contribution in [0.5, 0.6) is 0 Å². The van der Waals surface area contributed by atoms with E-state index in [1.165, 1.54) is 28.7 Å². The number of aromatic nitrogens is 2. The zero-order valence-corrected chi connectivity index (χ0v) is 18.0. The normalized spacial score (nSPS) is 12.2. The molecule has 0 spiro atoms. The first-order chi connectivity index (χ1) is 12.9. The number of thioether (sulfide) groups is 1. The fourth-order valence-electron chi connectivity index (χ4n) is 2.56. The van der Waals surface area contributed by atoms with E-state index in [4.69, 9.17) is 0 Å². The van der Waals surface area contributed by atoms with Gasteiger partial charge in [-0.25, -0.2) is 0 Å². The number of benzene rings is 1. The van der Waals surface area contributed by atoms with Crippen LogP contribution in [0.25, 0.3) is 0 Å². The number of hydrogen-bond acceptors (Lipinski definition) is 6. The standard InChI is InChI=1S/C20H28N4OS2/c1-6-11-21-19-23-24-20(27-19)26-12-17(25)22-18(14(4)5)16-9-7-15(8-10-16)13(2)3/h6-10,13-14,18H,1,11-12H2,2-5H3,(H,21,23)(H,22,25)/t18-/m0/s1. The molecule has 0 saturated carbocycles. The van der Waals surface area contributed by atoms with E-state index in [0.717, 1.165) is 15.0 Å². The summed E-state index contributed by atoms with van der Waals surface area (Å²) in [7, 11) is 0. The van der Waals surface area contributed by atoms with Gasteiger partial charge in [-0.3, -0.25) is 4.79 Å². The Bertz CT molecular complexity index is 741. The molecule has 2 aromatic rings. The average molecular weight is 405 g/mol. The summed E-state index contributed by atoms with van der Waals surface area (Å²) >= 11 is 2.85. The van der Waals surface area contributed by atoms with E-state index in [9.17, 15) is 4.79 Å². The first-order valence-electron chi connectivity index (χ1n) is 9.11. The van der Waals surface area contributed by atoms with Gasteiger partial charge in [-0.2, -0.15) is 0 Å². The highest BCUT2D eigenvalue weighted by atomic mass is 32.2.